The molecule has 2 rings (SSSR count). The maximum Gasteiger partial charge on any atom is 0.257 e. The highest BCUT2D eigenvalue weighted by Gasteiger charge is 2.29. The molecule has 3 N–H and O–H groups in total. The zero-order valence-corrected chi connectivity index (χ0v) is 15.6. The van der Waals surface area contributed by atoms with Crippen LogP contribution in [0.3, 0.4) is 0 Å². The van der Waals surface area contributed by atoms with Gasteiger partial charge in [0.15, 0.2) is 0 Å². The number of likely N-dealkylation sites (tertiary alicyclic amines) is 1. The number of amides is 2. The number of rotatable bonds is 6. The second kappa shape index (κ2) is 8.94. The number of halogens is 1. The molecule has 0 aromatic heterocycles. The fourth-order valence-electron chi connectivity index (χ4n) is 2.95. The first-order chi connectivity index (χ1) is 12.0. The SMILES string of the molecule is CCCCNC(=O)C1CCN(C(=O)c2cc(Cl)c(N)cc2OC)CC1. The molecule has 138 valence electrons. The highest BCUT2D eigenvalue weighted by Crippen LogP contribution is 2.30. The van der Waals surface area contributed by atoms with Gasteiger partial charge in [-0.2, -0.15) is 0 Å². The van der Waals surface area contributed by atoms with E-state index in [1.807, 2.05) is 0 Å². The number of ether oxygens (including phenoxy) is 1. The second-order valence-electron chi connectivity index (χ2n) is 6.29. The van der Waals surface area contributed by atoms with Crippen LogP contribution < -0.4 is 15.8 Å². The van der Waals surface area contributed by atoms with Crippen molar-refractivity contribution in [2.24, 2.45) is 5.92 Å². The second-order valence-corrected chi connectivity index (χ2v) is 6.69. The molecule has 2 amide bonds. The molecule has 0 saturated carbocycles. The molecule has 0 spiro atoms. The van der Waals surface area contributed by atoms with Gasteiger partial charge in [0.05, 0.1) is 23.4 Å². The average molecular weight is 368 g/mol. The van der Waals surface area contributed by atoms with Crippen LogP contribution in [0.5, 0.6) is 5.75 Å². The molecule has 7 heteroatoms. The molecule has 25 heavy (non-hydrogen) atoms. The van der Waals surface area contributed by atoms with E-state index in [0.29, 0.717) is 48.0 Å². The van der Waals surface area contributed by atoms with Crippen molar-refractivity contribution in [3.63, 3.8) is 0 Å². The van der Waals surface area contributed by atoms with E-state index in [4.69, 9.17) is 22.1 Å². The number of benzene rings is 1. The van der Waals surface area contributed by atoms with Crippen LogP contribution in [-0.4, -0.2) is 43.5 Å². The molecule has 1 aromatic carbocycles. The van der Waals surface area contributed by atoms with Crippen LogP contribution in [0.1, 0.15) is 43.0 Å². The van der Waals surface area contributed by atoms with Crippen LogP contribution in [0.2, 0.25) is 5.02 Å². The van der Waals surface area contributed by atoms with Gasteiger partial charge in [0.25, 0.3) is 5.91 Å². The minimum Gasteiger partial charge on any atom is -0.496 e. The van der Waals surface area contributed by atoms with Gasteiger partial charge in [-0.15, -0.1) is 0 Å². The molecule has 0 atom stereocenters. The van der Waals surface area contributed by atoms with Crippen molar-refractivity contribution in [1.82, 2.24) is 10.2 Å². The minimum atomic E-state index is -0.149. The van der Waals surface area contributed by atoms with E-state index in [-0.39, 0.29) is 17.7 Å². The Morgan fingerprint density at radius 3 is 2.64 bits per heavy atom. The number of nitrogen functional groups attached to an aromatic ring is 1. The van der Waals surface area contributed by atoms with E-state index >= 15 is 0 Å². The van der Waals surface area contributed by atoms with Crippen LogP contribution in [0.15, 0.2) is 12.1 Å². The first-order valence-corrected chi connectivity index (χ1v) is 9.05. The van der Waals surface area contributed by atoms with Crippen molar-refractivity contribution in [2.45, 2.75) is 32.6 Å². The van der Waals surface area contributed by atoms with Crippen molar-refractivity contribution < 1.29 is 14.3 Å². The number of nitrogens with one attached hydrogen (secondary N) is 1. The van der Waals surface area contributed by atoms with Gasteiger partial charge in [-0.05, 0) is 25.3 Å². The lowest BCUT2D eigenvalue weighted by molar-refractivity contribution is -0.126. The topological polar surface area (TPSA) is 84.7 Å². The maximum atomic E-state index is 12.8. The third-order valence-corrected chi connectivity index (χ3v) is 4.86. The monoisotopic (exact) mass is 367 g/mol. The Kier molecular flexibility index (Phi) is 6.93. The van der Waals surface area contributed by atoms with Crippen molar-refractivity contribution >= 4 is 29.1 Å². The van der Waals surface area contributed by atoms with Gasteiger partial charge in [0, 0.05) is 31.6 Å². The molecule has 1 saturated heterocycles. The fraction of sp³-hybridized carbons (Fsp3) is 0.556. The van der Waals surface area contributed by atoms with Gasteiger partial charge in [0.1, 0.15) is 5.75 Å². The Labute approximate surface area is 153 Å². The summed E-state index contributed by atoms with van der Waals surface area (Å²) in [5.41, 5.74) is 6.53. The summed E-state index contributed by atoms with van der Waals surface area (Å²) in [5, 5.41) is 3.30. The smallest absolute Gasteiger partial charge is 0.257 e. The van der Waals surface area contributed by atoms with Crippen LogP contribution >= 0.6 is 11.6 Å². The third-order valence-electron chi connectivity index (χ3n) is 4.53. The lowest BCUT2D eigenvalue weighted by Crippen LogP contribution is -2.43. The summed E-state index contributed by atoms with van der Waals surface area (Å²) in [5.74, 6) is 0.321. The summed E-state index contributed by atoms with van der Waals surface area (Å²) < 4.78 is 5.26. The molecule has 1 fully saturated rings. The normalized spacial score (nSPS) is 15.1. The molecule has 0 unspecified atom stereocenters. The quantitative estimate of drug-likeness (QED) is 0.598. The number of hydrogen-bond acceptors (Lipinski definition) is 4. The van der Waals surface area contributed by atoms with Gasteiger partial charge in [-0.3, -0.25) is 9.59 Å². The van der Waals surface area contributed by atoms with Crippen molar-refractivity contribution in [3.05, 3.63) is 22.7 Å². The van der Waals surface area contributed by atoms with Gasteiger partial charge >= 0.3 is 0 Å². The molecule has 1 aromatic rings. The Hall–Kier alpha value is -1.95. The highest BCUT2D eigenvalue weighted by molar-refractivity contribution is 6.33. The summed E-state index contributed by atoms with van der Waals surface area (Å²) in [6.07, 6.45) is 3.36. The minimum absolute atomic E-state index is 0.0298. The first kappa shape index (κ1) is 19.4. The Morgan fingerprint density at radius 1 is 1.36 bits per heavy atom. The maximum absolute atomic E-state index is 12.8. The van der Waals surface area contributed by atoms with Gasteiger partial charge < -0.3 is 20.7 Å². The van der Waals surface area contributed by atoms with Crippen molar-refractivity contribution in [3.8, 4) is 5.75 Å². The van der Waals surface area contributed by atoms with E-state index in [2.05, 4.69) is 12.2 Å². The summed E-state index contributed by atoms with van der Waals surface area (Å²) in [7, 11) is 1.49. The molecule has 0 bridgehead atoms. The summed E-state index contributed by atoms with van der Waals surface area (Å²) >= 11 is 6.05. The molecular weight excluding hydrogens is 342 g/mol. The molecule has 1 aliphatic heterocycles. The third kappa shape index (κ3) is 4.78. The number of nitrogens with two attached hydrogens (primary N) is 1. The van der Waals surface area contributed by atoms with Gasteiger partial charge in [0.2, 0.25) is 5.91 Å². The van der Waals surface area contributed by atoms with Gasteiger partial charge in [-0.1, -0.05) is 24.9 Å². The summed E-state index contributed by atoms with van der Waals surface area (Å²) in [6.45, 7) is 3.88. The summed E-state index contributed by atoms with van der Waals surface area (Å²) in [6, 6.07) is 3.10. The van der Waals surface area contributed by atoms with E-state index < -0.39 is 0 Å². The van der Waals surface area contributed by atoms with Crippen LogP contribution in [0.25, 0.3) is 0 Å². The molecule has 0 radical (unpaired) electrons. The standard InChI is InChI=1S/C18H26ClN3O3/c1-3-4-7-21-17(23)12-5-8-22(9-6-12)18(24)13-10-14(19)15(20)11-16(13)25-2/h10-12H,3-9,20H2,1-2H3,(H,21,23). The van der Waals surface area contributed by atoms with E-state index in [1.165, 1.54) is 7.11 Å². The number of piperidine rings is 1. The first-order valence-electron chi connectivity index (χ1n) is 8.67. The number of carbonyl (C=O) groups excluding carboxylic acids is 2. The van der Waals surface area contributed by atoms with Gasteiger partial charge in [-0.25, -0.2) is 0 Å². The zero-order valence-electron chi connectivity index (χ0n) is 14.8. The molecule has 0 aliphatic carbocycles. The molecule has 1 heterocycles. The van der Waals surface area contributed by atoms with E-state index in [0.717, 1.165) is 19.4 Å². The van der Waals surface area contributed by atoms with Crippen molar-refractivity contribution in [1.29, 1.82) is 0 Å². The van der Waals surface area contributed by atoms with Crippen LogP contribution in [0.4, 0.5) is 5.69 Å². The van der Waals surface area contributed by atoms with Crippen LogP contribution in [0, 0.1) is 5.92 Å². The number of anilines is 1. The Morgan fingerprint density at radius 2 is 2.04 bits per heavy atom. The van der Waals surface area contributed by atoms with E-state index in [9.17, 15) is 9.59 Å². The summed E-state index contributed by atoms with van der Waals surface area (Å²) in [4.78, 5) is 26.6. The fourth-order valence-corrected chi connectivity index (χ4v) is 3.12. The molecule has 6 nitrogen and oxygen atoms in total. The number of unbranched alkanes of at least 4 members (excludes halogenated alkanes) is 1. The average Bonchev–Trinajstić information content (AvgIpc) is 2.63. The highest BCUT2D eigenvalue weighted by atomic mass is 35.5. The lowest BCUT2D eigenvalue weighted by atomic mass is 9.95. The Balaban J connectivity index is 1.98. The number of methoxy groups -OCH3 is 1. The molecular formula is C18H26ClN3O3. The predicted molar refractivity (Wildman–Crippen MR) is 99.0 cm³/mol. The number of nitrogens with zero attached hydrogens (tertiary/aromatic N) is 1. The number of carbonyl (C=O) groups is 2. The predicted octanol–water partition coefficient (Wildman–Crippen LogP) is 2.70. The Bertz CT molecular complexity index is 628. The molecule has 1 aliphatic rings. The zero-order chi connectivity index (χ0) is 18.4. The largest absolute Gasteiger partial charge is 0.496 e. The van der Waals surface area contributed by atoms with Crippen LogP contribution in [-0.2, 0) is 4.79 Å². The van der Waals surface area contributed by atoms with E-state index in [1.54, 1.807) is 17.0 Å². The van der Waals surface area contributed by atoms with Crippen molar-refractivity contribution in [2.75, 3.05) is 32.5 Å². The lowest BCUT2D eigenvalue weighted by Gasteiger charge is -2.31. The number of hydrogen-bond donors (Lipinski definition) is 2.